The number of nitrogens with zero attached hydrogens (tertiary/aromatic N) is 4. The molecule has 0 N–H and O–H groups in total. The smallest absolute Gasteiger partial charge is 0.270 e. The van der Waals surface area contributed by atoms with Crippen molar-refractivity contribution in [2.24, 2.45) is 0 Å². The van der Waals surface area contributed by atoms with E-state index in [1.165, 1.54) is 9.96 Å². The molecule has 1 saturated heterocycles. The summed E-state index contributed by atoms with van der Waals surface area (Å²) in [7, 11) is 0. The van der Waals surface area contributed by atoms with Crippen molar-refractivity contribution in [3.05, 3.63) is 75.7 Å². The van der Waals surface area contributed by atoms with Crippen molar-refractivity contribution in [3.63, 3.8) is 0 Å². The molecule has 0 unspecified atom stereocenters. The van der Waals surface area contributed by atoms with Crippen LogP contribution in [-0.4, -0.2) is 46.7 Å². The van der Waals surface area contributed by atoms with Crippen molar-refractivity contribution < 1.29 is 4.79 Å². The molecule has 1 aromatic carbocycles. The zero-order valence-electron chi connectivity index (χ0n) is 15.3. The predicted molar refractivity (Wildman–Crippen MR) is 106 cm³/mol. The van der Waals surface area contributed by atoms with Gasteiger partial charge in [0.15, 0.2) is 6.29 Å². The Morgan fingerprint density at radius 1 is 1.04 bits per heavy atom. The van der Waals surface area contributed by atoms with E-state index in [4.69, 9.17) is 0 Å². The molecule has 6 nitrogen and oxygen atoms in total. The molecule has 1 fully saturated rings. The Hall–Kier alpha value is -2.99. The van der Waals surface area contributed by atoms with Crippen molar-refractivity contribution >= 4 is 17.8 Å². The number of aryl methyl sites for hydroxylation is 1. The highest BCUT2D eigenvalue weighted by atomic mass is 16.1. The molecule has 3 aromatic rings. The third kappa shape index (κ3) is 3.36. The van der Waals surface area contributed by atoms with Crippen LogP contribution in [0, 0.1) is 6.92 Å². The van der Waals surface area contributed by atoms with Crippen LogP contribution >= 0.6 is 0 Å². The van der Waals surface area contributed by atoms with Crippen LogP contribution in [0.3, 0.4) is 0 Å². The lowest BCUT2D eigenvalue weighted by Gasteiger charge is -2.35. The number of pyridine rings is 1. The van der Waals surface area contributed by atoms with E-state index in [1.54, 1.807) is 12.3 Å². The fourth-order valence-electron chi connectivity index (χ4n) is 3.60. The Morgan fingerprint density at radius 3 is 2.48 bits per heavy atom. The third-order valence-corrected chi connectivity index (χ3v) is 5.10. The quantitative estimate of drug-likeness (QED) is 0.666. The van der Waals surface area contributed by atoms with Gasteiger partial charge in [-0.1, -0.05) is 36.4 Å². The molecular weight excluding hydrogens is 340 g/mol. The molecule has 0 atom stereocenters. The van der Waals surface area contributed by atoms with E-state index in [0.29, 0.717) is 17.8 Å². The first-order valence-corrected chi connectivity index (χ1v) is 9.16. The lowest BCUT2D eigenvalue weighted by Crippen LogP contribution is -2.47. The van der Waals surface area contributed by atoms with E-state index in [0.717, 1.165) is 38.3 Å². The van der Waals surface area contributed by atoms with E-state index >= 15 is 0 Å². The van der Waals surface area contributed by atoms with Crippen LogP contribution in [0.15, 0.2) is 53.5 Å². The number of aldehydes is 1. The topological polar surface area (TPSA) is 57.9 Å². The minimum Gasteiger partial charge on any atom is -0.353 e. The molecule has 0 amide bonds. The van der Waals surface area contributed by atoms with Gasteiger partial charge in [-0.3, -0.25) is 18.9 Å². The first kappa shape index (κ1) is 17.4. The molecule has 27 heavy (non-hydrogen) atoms. The largest absolute Gasteiger partial charge is 0.353 e. The molecule has 0 saturated carbocycles. The Morgan fingerprint density at radius 2 is 1.78 bits per heavy atom. The maximum Gasteiger partial charge on any atom is 0.270 e. The van der Waals surface area contributed by atoms with E-state index in [2.05, 4.69) is 39.0 Å². The summed E-state index contributed by atoms with van der Waals surface area (Å²) in [6.07, 6.45) is 2.29. The van der Waals surface area contributed by atoms with E-state index < -0.39 is 0 Å². The summed E-state index contributed by atoms with van der Waals surface area (Å²) in [6, 6.07) is 14.1. The molecule has 1 aliphatic heterocycles. The summed E-state index contributed by atoms with van der Waals surface area (Å²) < 4.78 is 1.45. The highest BCUT2D eigenvalue weighted by molar-refractivity contribution is 5.83. The van der Waals surface area contributed by atoms with Crippen LogP contribution in [0.2, 0.25) is 0 Å². The summed E-state index contributed by atoms with van der Waals surface area (Å²) in [5.41, 5.74) is 2.64. The predicted octanol–water partition coefficient (Wildman–Crippen LogP) is 2.14. The summed E-state index contributed by atoms with van der Waals surface area (Å²) in [5, 5.41) is 0. The summed E-state index contributed by atoms with van der Waals surface area (Å²) in [6.45, 7) is 6.03. The van der Waals surface area contributed by atoms with Crippen molar-refractivity contribution in [2.45, 2.75) is 13.5 Å². The SMILES string of the molecule is Cc1cccn2c(=O)c(C=O)c(N3CCN(Cc4ccccc4)CC3)nc12. The first-order chi connectivity index (χ1) is 13.2. The lowest BCUT2D eigenvalue weighted by molar-refractivity contribution is 0.112. The monoisotopic (exact) mass is 362 g/mol. The second-order valence-electron chi connectivity index (χ2n) is 6.91. The number of benzene rings is 1. The van der Waals surface area contributed by atoms with Crippen LogP contribution < -0.4 is 10.5 Å². The number of hydrogen-bond donors (Lipinski definition) is 0. The number of hydrogen-bond acceptors (Lipinski definition) is 5. The van der Waals surface area contributed by atoms with Gasteiger partial charge in [0.25, 0.3) is 5.56 Å². The van der Waals surface area contributed by atoms with Gasteiger partial charge < -0.3 is 4.90 Å². The molecule has 3 heterocycles. The molecule has 138 valence electrons. The second kappa shape index (κ2) is 7.32. The fraction of sp³-hybridized carbons (Fsp3) is 0.286. The standard InChI is InChI=1S/C21H22N4O2/c1-16-6-5-9-25-19(16)22-20(18(15-26)21(25)27)24-12-10-23(11-13-24)14-17-7-3-2-4-8-17/h2-9,15H,10-14H2,1H3. The van der Waals surface area contributed by atoms with Crippen molar-refractivity contribution in [3.8, 4) is 0 Å². The zero-order valence-corrected chi connectivity index (χ0v) is 15.3. The number of piperazine rings is 1. The maximum absolute atomic E-state index is 12.7. The molecule has 0 radical (unpaired) electrons. The summed E-state index contributed by atoms with van der Waals surface area (Å²) in [5.74, 6) is 0.503. The molecule has 0 bridgehead atoms. The fourth-order valence-corrected chi connectivity index (χ4v) is 3.60. The number of anilines is 1. The lowest BCUT2D eigenvalue weighted by atomic mass is 10.2. The van der Waals surface area contributed by atoms with E-state index in [1.807, 2.05) is 19.1 Å². The summed E-state index contributed by atoms with van der Waals surface area (Å²) in [4.78, 5) is 33.5. The third-order valence-electron chi connectivity index (χ3n) is 5.10. The molecule has 4 rings (SSSR count). The normalized spacial score (nSPS) is 15.2. The van der Waals surface area contributed by atoms with Gasteiger partial charge in [0.1, 0.15) is 17.0 Å². The number of aromatic nitrogens is 2. The van der Waals surface area contributed by atoms with E-state index in [9.17, 15) is 9.59 Å². The van der Waals surface area contributed by atoms with Crippen LogP contribution in [0.4, 0.5) is 5.82 Å². The van der Waals surface area contributed by atoms with Gasteiger partial charge in [-0.2, -0.15) is 0 Å². The maximum atomic E-state index is 12.7. The van der Waals surface area contributed by atoms with Gasteiger partial charge in [-0.05, 0) is 24.1 Å². The Labute approximate surface area is 157 Å². The average molecular weight is 362 g/mol. The average Bonchev–Trinajstić information content (AvgIpc) is 2.70. The summed E-state index contributed by atoms with van der Waals surface area (Å²) >= 11 is 0. The Balaban J connectivity index is 1.59. The highest BCUT2D eigenvalue weighted by Crippen LogP contribution is 2.19. The molecule has 6 heteroatoms. The van der Waals surface area contributed by atoms with Crippen LogP contribution in [0.5, 0.6) is 0 Å². The van der Waals surface area contributed by atoms with Gasteiger partial charge in [-0.15, -0.1) is 0 Å². The number of rotatable bonds is 4. The minimum atomic E-state index is -0.305. The zero-order chi connectivity index (χ0) is 18.8. The molecule has 0 spiro atoms. The molecule has 2 aromatic heterocycles. The van der Waals surface area contributed by atoms with Gasteiger partial charge in [-0.25, -0.2) is 4.98 Å². The number of carbonyl (C=O) groups excluding carboxylic acids is 1. The molecule has 1 aliphatic rings. The number of carbonyl (C=O) groups is 1. The number of fused-ring (bicyclic) bond motifs is 1. The van der Waals surface area contributed by atoms with Crippen molar-refractivity contribution in [1.82, 2.24) is 14.3 Å². The van der Waals surface area contributed by atoms with Gasteiger partial charge in [0.2, 0.25) is 0 Å². The minimum absolute atomic E-state index is 0.134. The molecule has 0 aliphatic carbocycles. The van der Waals surface area contributed by atoms with E-state index in [-0.39, 0.29) is 11.1 Å². The van der Waals surface area contributed by atoms with Crippen molar-refractivity contribution in [1.29, 1.82) is 0 Å². The van der Waals surface area contributed by atoms with Gasteiger partial charge in [0.05, 0.1) is 0 Å². The van der Waals surface area contributed by atoms with Crippen LogP contribution in [0.25, 0.3) is 5.65 Å². The van der Waals surface area contributed by atoms with Crippen LogP contribution in [-0.2, 0) is 6.54 Å². The van der Waals surface area contributed by atoms with Gasteiger partial charge in [0, 0.05) is 38.9 Å². The highest BCUT2D eigenvalue weighted by Gasteiger charge is 2.23. The molecular formula is C21H22N4O2. The Kier molecular flexibility index (Phi) is 4.73. The van der Waals surface area contributed by atoms with Crippen molar-refractivity contribution in [2.75, 3.05) is 31.1 Å². The second-order valence-corrected chi connectivity index (χ2v) is 6.91. The first-order valence-electron chi connectivity index (χ1n) is 9.16. The van der Waals surface area contributed by atoms with Crippen LogP contribution in [0.1, 0.15) is 21.5 Å². The van der Waals surface area contributed by atoms with Gasteiger partial charge >= 0.3 is 0 Å². The Bertz CT molecular complexity index is 1020.